The highest BCUT2D eigenvalue weighted by Crippen LogP contribution is 2.43. The van der Waals surface area contributed by atoms with Gasteiger partial charge in [-0.25, -0.2) is 9.18 Å². The summed E-state index contributed by atoms with van der Waals surface area (Å²) in [6.07, 6.45) is 0. The molecule has 0 spiro atoms. The maximum absolute atomic E-state index is 14.6. The van der Waals surface area contributed by atoms with Crippen LogP contribution in [0.1, 0.15) is 21.6 Å². The summed E-state index contributed by atoms with van der Waals surface area (Å²) in [7, 11) is 1.31. The molecular weight excluding hydrogens is 321 g/mol. The summed E-state index contributed by atoms with van der Waals surface area (Å²) >= 11 is 0. The summed E-state index contributed by atoms with van der Waals surface area (Å²) in [6, 6.07) is 12.5. The van der Waals surface area contributed by atoms with Gasteiger partial charge in [-0.1, -0.05) is 24.3 Å². The lowest BCUT2D eigenvalue weighted by atomic mass is 9.95. The number of aromatic amines is 1. The second-order valence-corrected chi connectivity index (χ2v) is 5.99. The fraction of sp³-hybridized carbons (Fsp3) is 0.150. The van der Waals surface area contributed by atoms with E-state index in [1.807, 2.05) is 37.3 Å². The minimum absolute atomic E-state index is 0.232. The molecule has 3 aromatic rings. The van der Waals surface area contributed by atoms with Crippen molar-refractivity contribution < 1.29 is 18.7 Å². The van der Waals surface area contributed by atoms with Crippen LogP contribution in [0.2, 0.25) is 0 Å². The number of aryl methyl sites for hydroxylation is 1. The van der Waals surface area contributed by atoms with E-state index >= 15 is 0 Å². The quantitative estimate of drug-likeness (QED) is 0.702. The summed E-state index contributed by atoms with van der Waals surface area (Å²) in [5.41, 5.74) is 4.24. The predicted molar refractivity (Wildman–Crippen MR) is 92.0 cm³/mol. The normalized spacial score (nSPS) is 12.1. The topological polar surface area (TPSA) is 51.3 Å². The molecule has 0 bridgehead atoms. The molecule has 25 heavy (non-hydrogen) atoms. The molecule has 1 aromatic heterocycles. The van der Waals surface area contributed by atoms with E-state index in [1.165, 1.54) is 13.2 Å². The van der Waals surface area contributed by atoms with Crippen LogP contribution < -0.4 is 4.74 Å². The number of rotatable bonds is 2. The zero-order valence-electron chi connectivity index (χ0n) is 13.9. The fourth-order valence-corrected chi connectivity index (χ4v) is 3.24. The number of benzene rings is 2. The summed E-state index contributed by atoms with van der Waals surface area (Å²) in [6.45, 7) is 2.07. The molecule has 1 aliphatic rings. The number of halogens is 1. The highest BCUT2D eigenvalue weighted by Gasteiger charge is 2.30. The molecule has 0 atom stereocenters. The average Bonchev–Trinajstić information content (AvgIpc) is 3.01. The van der Waals surface area contributed by atoms with E-state index < -0.39 is 5.97 Å². The molecular formula is C20H16FNO3. The molecule has 0 amide bonds. The molecule has 4 rings (SSSR count). The molecule has 5 heteroatoms. The third-order valence-electron chi connectivity index (χ3n) is 4.42. The monoisotopic (exact) mass is 337 g/mol. The van der Waals surface area contributed by atoms with Crippen LogP contribution in [0.5, 0.6) is 5.75 Å². The van der Waals surface area contributed by atoms with Gasteiger partial charge in [-0.15, -0.1) is 0 Å². The van der Waals surface area contributed by atoms with E-state index in [1.54, 1.807) is 6.07 Å². The number of aromatic nitrogens is 1. The Morgan fingerprint density at radius 2 is 2.00 bits per heavy atom. The molecule has 1 N–H and O–H groups in total. The molecule has 126 valence electrons. The predicted octanol–water partition coefficient (Wildman–Crippen LogP) is 4.48. The van der Waals surface area contributed by atoms with Gasteiger partial charge in [0.15, 0.2) is 0 Å². The lowest BCUT2D eigenvalue weighted by Gasteiger charge is -2.18. The molecule has 0 radical (unpaired) electrons. The number of fused-ring (bicyclic) bond motifs is 3. The number of para-hydroxylation sites is 1. The number of nitrogens with one attached hydrogen (secondary N) is 1. The van der Waals surface area contributed by atoms with Crippen LogP contribution in [0.3, 0.4) is 0 Å². The SMILES string of the molecule is COC(=O)c1[nH]c2c(c1-c1ccc(C)cc1F)COc1ccccc1-2. The van der Waals surface area contributed by atoms with Gasteiger partial charge in [-0.2, -0.15) is 0 Å². The number of hydrogen-bond donors (Lipinski definition) is 1. The van der Waals surface area contributed by atoms with Gasteiger partial charge in [-0.3, -0.25) is 0 Å². The van der Waals surface area contributed by atoms with Gasteiger partial charge in [0.2, 0.25) is 0 Å². The molecule has 0 saturated heterocycles. The molecule has 0 fully saturated rings. The number of carbonyl (C=O) groups excluding carboxylic acids is 1. The number of hydrogen-bond acceptors (Lipinski definition) is 3. The number of methoxy groups -OCH3 is 1. The maximum atomic E-state index is 14.6. The first-order valence-electron chi connectivity index (χ1n) is 7.92. The smallest absolute Gasteiger partial charge is 0.355 e. The van der Waals surface area contributed by atoms with Crippen molar-refractivity contribution >= 4 is 5.97 Å². The molecule has 1 aliphatic heterocycles. The van der Waals surface area contributed by atoms with Crippen LogP contribution in [-0.2, 0) is 11.3 Å². The van der Waals surface area contributed by atoms with Crippen molar-refractivity contribution in [1.82, 2.24) is 4.98 Å². The van der Waals surface area contributed by atoms with Gasteiger partial charge in [0.1, 0.15) is 23.9 Å². The Bertz CT molecular complexity index is 991. The summed E-state index contributed by atoms with van der Waals surface area (Å²) in [5.74, 6) is -0.198. The Hall–Kier alpha value is -3.08. The maximum Gasteiger partial charge on any atom is 0.355 e. The number of H-pyrrole nitrogens is 1. The minimum Gasteiger partial charge on any atom is -0.488 e. The van der Waals surface area contributed by atoms with Gasteiger partial charge >= 0.3 is 5.97 Å². The number of ether oxygens (including phenoxy) is 2. The van der Waals surface area contributed by atoms with Crippen LogP contribution in [0.15, 0.2) is 42.5 Å². The van der Waals surface area contributed by atoms with Crippen molar-refractivity contribution in [2.45, 2.75) is 13.5 Å². The summed E-state index contributed by atoms with van der Waals surface area (Å²) in [4.78, 5) is 15.4. The minimum atomic E-state index is -0.540. The number of esters is 1. The molecule has 0 unspecified atom stereocenters. The highest BCUT2D eigenvalue weighted by atomic mass is 19.1. The van der Waals surface area contributed by atoms with Crippen LogP contribution in [0.4, 0.5) is 4.39 Å². The van der Waals surface area contributed by atoms with Crippen LogP contribution in [0.25, 0.3) is 22.4 Å². The molecule has 2 heterocycles. The second-order valence-electron chi connectivity index (χ2n) is 5.99. The van der Waals surface area contributed by atoms with Gasteiger partial charge in [0.25, 0.3) is 0 Å². The summed E-state index contributed by atoms with van der Waals surface area (Å²) < 4.78 is 25.3. The van der Waals surface area contributed by atoms with Crippen molar-refractivity contribution in [3.63, 3.8) is 0 Å². The Balaban J connectivity index is 2.01. The first-order chi connectivity index (χ1) is 12.1. The van der Waals surface area contributed by atoms with Gasteiger partial charge < -0.3 is 14.5 Å². The zero-order valence-corrected chi connectivity index (χ0v) is 13.9. The Kier molecular flexibility index (Phi) is 3.57. The van der Waals surface area contributed by atoms with Crippen molar-refractivity contribution in [2.75, 3.05) is 7.11 Å². The first-order valence-corrected chi connectivity index (χ1v) is 7.92. The van der Waals surface area contributed by atoms with E-state index in [2.05, 4.69) is 4.98 Å². The standard InChI is InChI=1S/C20H16FNO3/c1-11-7-8-12(15(21)9-11)17-14-10-25-16-6-4-3-5-13(16)18(14)22-19(17)20(23)24-2/h3-9,22H,10H2,1-2H3. The van der Waals surface area contributed by atoms with Gasteiger partial charge in [0, 0.05) is 22.3 Å². The molecule has 0 aliphatic carbocycles. The van der Waals surface area contributed by atoms with Crippen LogP contribution in [-0.4, -0.2) is 18.1 Å². The zero-order chi connectivity index (χ0) is 17.6. The summed E-state index contributed by atoms with van der Waals surface area (Å²) in [5, 5.41) is 0. The first kappa shape index (κ1) is 15.4. The van der Waals surface area contributed by atoms with Crippen LogP contribution in [0, 0.1) is 12.7 Å². The van der Waals surface area contributed by atoms with Crippen molar-refractivity contribution in [3.8, 4) is 28.1 Å². The van der Waals surface area contributed by atoms with Crippen molar-refractivity contribution in [2.24, 2.45) is 0 Å². The van der Waals surface area contributed by atoms with E-state index in [0.29, 0.717) is 11.1 Å². The fourth-order valence-electron chi connectivity index (χ4n) is 3.24. The number of carbonyl (C=O) groups is 1. The third-order valence-corrected chi connectivity index (χ3v) is 4.42. The lowest BCUT2D eigenvalue weighted by molar-refractivity contribution is 0.0596. The Labute approximate surface area is 144 Å². The van der Waals surface area contributed by atoms with Crippen LogP contribution >= 0.6 is 0 Å². The van der Waals surface area contributed by atoms with E-state index in [9.17, 15) is 9.18 Å². The molecule has 4 nitrogen and oxygen atoms in total. The van der Waals surface area contributed by atoms with Crippen molar-refractivity contribution in [3.05, 3.63) is 65.1 Å². The molecule has 2 aromatic carbocycles. The third kappa shape index (κ3) is 2.39. The van der Waals surface area contributed by atoms with Gasteiger partial charge in [0.05, 0.1) is 12.8 Å². The molecule has 0 saturated carbocycles. The van der Waals surface area contributed by atoms with E-state index in [0.717, 1.165) is 28.1 Å². The lowest BCUT2D eigenvalue weighted by Crippen LogP contribution is -2.06. The van der Waals surface area contributed by atoms with E-state index in [-0.39, 0.29) is 18.1 Å². The van der Waals surface area contributed by atoms with E-state index in [4.69, 9.17) is 9.47 Å². The Morgan fingerprint density at radius 3 is 2.76 bits per heavy atom. The van der Waals surface area contributed by atoms with Gasteiger partial charge in [-0.05, 0) is 30.7 Å². The Morgan fingerprint density at radius 1 is 1.20 bits per heavy atom. The average molecular weight is 337 g/mol. The highest BCUT2D eigenvalue weighted by molar-refractivity contribution is 6.00. The second kappa shape index (κ2) is 5.77. The largest absolute Gasteiger partial charge is 0.488 e. The van der Waals surface area contributed by atoms with Crippen molar-refractivity contribution in [1.29, 1.82) is 0 Å².